The summed E-state index contributed by atoms with van der Waals surface area (Å²) in [6.45, 7) is 10.6. The molecular weight excluding hydrogens is 279 g/mol. The van der Waals surface area contributed by atoms with Gasteiger partial charge < -0.3 is 5.73 Å². The summed E-state index contributed by atoms with van der Waals surface area (Å²) >= 11 is 12.4. The second-order valence-corrected chi connectivity index (χ2v) is 5.87. The molecule has 0 aliphatic rings. The van der Waals surface area contributed by atoms with E-state index >= 15 is 0 Å². The Labute approximate surface area is 126 Å². The highest BCUT2D eigenvalue weighted by atomic mass is 35.5. The molecule has 2 atom stereocenters. The minimum absolute atomic E-state index is 0.127. The highest BCUT2D eigenvalue weighted by Crippen LogP contribution is 2.36. The summed E-state index contributed by atoms with van der Waals surface area (Å²) in [4.78, 5) is 2.38. The van der Waals surface area contributed by atoms with E-state index in [1.807, 2.05) is 12.1 Å². The Hall–Kier alpha value is -0.280. The molecule has 0 amide bonds. The van der Waals surface area contributed by atoms with E-state index in [0.717, 1.165) is 25.1 Å². The lowest BCUT2D eigenvalue weighted by atomic mass is 9.83. The summed E-state index contributed by atoms with van der Waals surface area (Å²) in [6.07, 6.45) is 0.957. The summed E-state index contributed by atoms with van der Waals surface area (Å²) in [7, 11) is 0. The van der Waals surface area contributed by atoms with Crippen LogP contribution in [-0.4, -0.2) is 23.5 Å². The number of hydrogen-bond donors (Lipinski definition) is 1. The summed E-state index contributed by atoms with van der Waals surface area (Å²) in [5, 5.41) is 1.36. The van der Waals surface area contributed by atoms with Gasteiger partial charge in [0.2, 0.25) is 0 Å². The zero-order valence-electron chi connectivity index (χ0n) is 12.2. The first-order valence-corrected chi connectivity index (χ1v) is 7.61. The summed E-state index contributed by atoms with van der Waals surface area (Å²) in [5.41, 5.74) is 7.32. The van der Waals surface area contributed by atoms with Crippen LogP contribution in [-0.2, 0) is 0 Å². The van der Waals surface area contributed by atoms with E-state index in [9.17, 15) is 0 Å². The number of nitrogens with zero attached hydrogens (tertiary/aromatic N) is 1. The molecule has 108 valence electrons. The van der Waals surface area contributed by atoms with Crippen molar-refractivity contribution in [1.82, 2.24) is 4.90 Å². The molecule has 0 aliphatic carbocycles. The van der Waals surface area contributed by atoms with Crippen LogP contribution in [0.4, 0.5) is 0 Å². The van der Waals surface area contributed by atoms with Gasteiger partial charge in [-0.25, -0.2) is 0 Å². The molecule has 1 aromatic carbocycles. The van der Waals surface area contributed by atoms with Crippen LogP contribution in [0.2, 0.25) is 10.0 Å². The van der Waals surface area contributed by atoms with Crippen molar-refractivity contribution in [3.63, 3.8) is 0 Å². The molecular formula is C15H24Cl2N2. The first-order chi connectivity index (χ1) is 8.90. The molecule has 0 radical (unpaired) electrons. The van der Waals surface area contributed by atoms with Gasteiger partial charge in [0.15, 0.2) is 0 Å². The predicted octanol–water partition coefficient (Wildman–Crippen LogP) is 4.50. The third-order valence-corrected chi connectivity index (χ3v) is 4.74. The average molecular weight is 303 g/mol. The van der Waals surface area contributed by atoms with Crippen LogP contribution in [0.3, 0.4) is 0 Å². The zero-order valence-corrected chi connectivity index (χ0v) is 13.7. The van der Waals surface area contributed by atoms with Crippen LogP contribution >= 0.6 is 23.2 Å². The van der Waals surface area contributed by atoms with Gasteiger partial charge in [0, 0.05) is 21.6 Å². The van der Waals surface area contributed by atoms with E-state index in [1.54, 1.807) is 6.07 Å². The van der Waals surface area contributed by atoms with E-state index in [4.69, 9.17) is 28.9 Å². The lowest BCUT2D eigenvalue weighted by molar-refractivity contribution is 0.0845. The second kappa shape index (κ2) is 6.94. The third-order valence-electron chi connectivity index (χ3n) is 4.16. The van der Waals surface area contributed by atoms with Crippen molar-refractivity contribution in [2.75, 3.05) is 13.1 Å². The normalized spacial score (nSPS) is 16.4. The predicted molar refractivity (Wildman–Crippen MR) is 85.0 cm³/mol. The number of rotatable bonds is 6. The molecule has 0 bridgehead atoms. The Morgan fingerprint density at radius 1 is 1.21 bits per heavy atom. The molecule has 0 saturated heterocycles. The molecule has 0 aliphatic heterocycles. The van der Waals surface area contributed by atoms with Crippen LogP contribution in [0.5, 0.6) is 0 Å². The van der Waals surface area contributed by atoms with E-state index in [0.29, 0.717) is 10.0 Å². The Balaban J connectivity index is 3.20. The number of hydrogen-bond acceptors (Lipinski definition) is 2. The van der Waals surface area contributed by atoms with Crippen LogP contribution in [0.15, 0.2) is 18.2 Å². The monoisotopic (exact) mass is 302 g/mol. The van der Waals surface area contributed by atoms with E-state index < -0.39 is 0 Å². The highest BCUT2D eigenvalue weighted by Gasteiger charge is 2.36. The minimum atomic E-state index is -0.163. The number of halogens is 2. The molecule has 2 unspecified atom stereocenters. The van der Waals surface area contributed by atoms with E-state index in [1.165, 1.54) is 0 Å². The number of benzene rings is 1. The van der Waals surface area contributed by atoms with Crippen LogP contribution in [0, 0.1) is 0 Å². The van der Waals surface area contributed by atoms with Gasteiger partial charge in [0.1, 0.15) is 0 Å². The summed E-state index contributed by atoms with van der Waals surface area (Å²) < 4.78 is 0. The highest BCUT2D eigenvalue weighted by molar-refractivity contribution is 6.33. The van der Waals surface area contributed by atoms with Crippen LogP contribution < -0.4 is 5.73 Å². The Kier molecular flexibility index (Phi) is 6.13. The number of likely N-dealkylation sites (N-methyl/N-ethyl adjacent to an activating group) is 1. The molecule has 0 heterocycles. The van der Waals surface area contributed by atoms with E-state index in [-0.39, 0.29) is 11.6 Å². The maximum atomic E-state index is 6.52. The molecule has 0 fully saturated rings. The van der Waals surface area contributed by atoms with Gasteiger partial charge in [-0.3, -0.25) is 4.90 Å². The SMILES string of the molecule is CCN(CC)C(C)(CC)C(N)c1cc(Cl)ccc1Cl. The topological polar surface area (TPSA) is 29.3 Å². The van der Waals surface area contributed by atoms with Gasteiger partial charge >= 0.3 is 0 Å². The first kappa shape index (κ1) is 16.8. The van der Waals surface area contributed by atoms with Gasteiger partial charge in [0.05, 0.1) is 0 Å². The van der Waals surface area contributed by atoms with Crippen molar-refractivity contribution in [3.05, 3.63) is 33.8 Å². The van der Waals surface area contributed by atoms with Gasteiger partial charge in [-0.15, -0.1) is 0 Å². The van der Waals surface area contributed by atoms with E-state index in [2.05, 4.69) is 32.6 Å². The Morgan fingerprint density at radius 3 is 2.26 bits per heavy atom. The largest absolute Gasteiger partial charge is 0.322 e. The Bertz CT molecular complexity index is 419. The summed E-state index contributed by atoms with van der Waals surface area (Å²) in [5.74, 6) is 0. The summed E-state index contributed by atoms with van der Waals surface area (Å²) in [6, 6.07) is 5.33. The Morgan fingerprint density at radius 2 is 1.79 bits per heavy atom. The lowest BCUT2D eigenvalue weighted by Gasteiger charge is -2.44. The smallest absolute Gasteiger partial charge is 0.0494 e. The fourth-order valence-corrected chi connectivity index (χ4v) is 3.09. The van der Waals surface area contributed by atoms with Crippen LogP contribution in [0.1, 0.15) is 45.7 Å². The van der Waals surface area contributed by atoms with Crippen molar-refractivity contribution >= 4 is 23.2 Å². The van der Waals surface area contributed by atoms with Gasteiger partial charge in [-0.05, 0) is 50.2 Å². The maximum absolute atomic E-state index is 6.52. The molecule has 2 N–H and O–H groups in total. The van der Waals surface area contributed by atoms with Crippen molar-refractivity contribution < 1.29 is 0 Å². The molecule has 0 saturated carbocycles. The van der Waals surface area contributed by atoms with Gasteiger partial charge in [-0.1, -0.05) is 44.0 Å². The molecule has 0 aromatic heterocycles. The fraction of sp³-hybridized carbons (Fsp3) is 0.600. The van der Waals surface area contributed by atoms with Crippen molar-refractivity contribution in [2.45, 2.75) is 45.7 Å². The third kappa shape index (κ3) is 3.43. The van der Waals surface area contributed by atoms with Gasteiger partial charge in [-0.2, -0.15) is 0 Å². The quantitative estimate of drug-likeness (QED) is 0.838. The second-order valence-electron chi connectivity index (χ2n) is 5.03. The molecule has 19 heavy (non-hydrogen) atoms. The standard InChI is InChI=1S/C15H24Cl2N2/c1-5-15(4,19(6-2)7-3)14(18)12-10-11(16)8-9-13(12)17/h8-10,14H,5-7,18H2,1-4H3. The van der Waals surface area contributed by atoms with Crippen LogP contribution in [0.25, 0.3) is 0 Å². The number of nitrogens with two attached hydrogens (primary N) is 1. The molecule has 1 aromatic rings. The molecule has 2 nitrogen and oxygen atoms in total. The van der Waals surface area contributed by atoms with Crippen molar-refractivity contribution in [1.29, 1.82) is 0 Å². The molecule has 4 heteroatoms. The fourth-order valence-electron chi connectivity index (χ4n) is 2.67. The lowest BCUT2D eigenvalue weighted by Crippen LogP contribution is -2.53. The zero-order chi connectivity index (χ0) is 14.6. The van der Waals surface area contributed by atoms with Gasteiger partial charge in [0.25, 0.3) is 0 Å². The first-order valence-electron chi connectivity index (χ1n) is 6.86. The van der Waals surface area contributed by atoms with Crippen molar-refractivity contribution in [2.24, 2.45) is 5.73 Å². The average Bonchev–Trinajstić information content (AvgIpc) is 2.41. The molecule has 0 spiro atoms. The minimum Gasteiger partial charge on any atom is -0.322 e. The van der Waals surface area contributed by atoms with Crippen molar-refractivity contribution in [3.8, 4) is 0 Å². The maximum Gasteiger partial charge on any atom is 0.0494 e. The molecule has 1 rings (SSSR count).